The number of rotatable bonds is 7. The molecule has 0 bridgehead atoms. The van der Waals surface area contributed by atoms with Crippen molar-refractivity contribution in [1.82, 2.24) is 0 Å². The highest BCUT2D eigenvalue weighted by atomic mass is 16.5. The van der Waals surface area contributed by atoms with Crippen molar-refractivity contribution < 1.29 is 29.3 Å². The molecule has 0 spiro atoms. The normalized spacial score (nSPS) is 41.5. The number of aliphatic carboxylic acids is 2. The Labute approximate surface area is 179 Å². The van der Waals surface area contributed by atoms with Crippen LogP contribution in [0.2, 0.25) is 0 Å². The average molecular weight is 423 g/mol. The summed E-state index contributed by atoms with van der Waals surface area (Å²) in [5, 5.41) is 18.0. The van der Waals surface area contributed by atoms with Crippen LogP contribution < -0.4 is 0 Å². The van der Waals surface area contributed by atoms with Crippen LogP contribution in [0.5, 0.6) is 0 Å². The summed E-state index contributed by atoms with van der Waals surface area (Å²) in [4.78, 5) is 21.9. The Hall–Kier alpha value is -1.14. The van der Waals surface area contributed by atoms with Crippen molar-refractivity contribution in [3.63, 3.8) is 0 Å². The van der Waals surface area contributed by atoms with E-state index in [0.29, 0.717) is 23.7 Å². The van der Waals surface area contributed by atoms with Crippen LogP contribution >= 0.6 is 0 Å². The molecule has 4 rings (SSSR count). The van der Waals surface area contributed by atoms with Gasteiger partial charge in [-0.15, -0.1) is 0 Å². The highest BCUT2D eigenvalue weighted by molar-refractivity contribution is 5.68. The second-order valence-corrected chi connectivity index (χ2v) is 10.3. The molecule has 0 aromatic heterocycles. The van der Waals surface area contributed by atoms with Gasteiger partial charge in [-0.3, -0.25) is 0 Å². The molecule has 8 atom stereocenters. The van der Waals surface area contributed by atoms with Gasteiger partial charge in [0, 0.05) is 0 Å². The first-order valence-corrected chi connectivity index (χ1v) is 12.2. The van der Waals surface area contributed by atoms with Gasteiger partial charge in [-0.1, -0.05) is 25.7 Å². The third-order valence-electron chi connectivity index (χ3n) is 8.76. The third kappa shape index (κ3) is 5.18. The van der Waals surface area contributed by atoms with Crippen molar-refractivity contribution in [1.29, 1.82) is 0 Å². The van der Waals surface area contributed by atoms with Crippen molar-refractivity contribution in [3.8, 4) is 0 Å². The monoisotopic (exact) mass is 422 g/mol. The van der Waals surface area contributed by atoms with Gasteiger partial charge >= 0.3 is 11.9 Å². The zero-order valence-electron chi connectivity index (χ0n) is 18.0. The van der Waals surface area contributed by atoms with Crippen molar-refractivity contribution in [2.24, 2.45) is 35.5 Å². The Kier molecular flexibility index (Phi) is 7.35. The van der Waals surface area contributed by atoms with Crippen LogP contribution in [-0.4, -0.2) is 47.6 Å². The molecule has 4 aliphatic carbocycles. The summed E-state index contributed by atoms with van der Waals surface area (Å²) in [6, 6.07) is 0. The second-order valence-electron chi connectivity index (χ2n) is 10.3. The molecule has 170 valence electrons. The van der Waals surface area contributed by atoms with E-state index in [1.165, 1.54) is 51.4 Å². The lowest BCUT2D eigenvalue weighted by atomic mass is 9.54. The van der Waals surface area contributed by atoms with Crippen LogP contribution in [-0.2, 0) is 19.1 Å². The van der Waals surface area contributed by atoms with Crippen LogP contribution in [0, 0.1) is 35.5 Å². The molecule has 6 nitrogen and oxygen atoms in total. The third-order valence-corrected chi connectivity index (χ3v) is 8.76. The summed E-state index contributed by atoms with van der Waals surface area (Å²) < 4.78 is 11.5. The maximum absolute atomic E-state index is 10.9. The molecule has 0 amide bonds. The molecule has 30 heavy (non-hydrogen) atoms. The van der Waals surface area contributed by atoms with E-state index in [1.807, 2.05) is 0 Å². The maximum Gasteiger partial charge on any atom is 0.329 e. The summed E-state index contributed by atoms with van der Waals surface area (Å²) in [6.07, 6.45) is 14.5. The van der Waals surface area contributed by atoms with Gasteiger partial charge in [-0.05, 0) is 86.9 Å². The largest absolute Gasteiger partial charge is 0.480 e. The highest BCUT2D eigenvalue weighted by Gasteiger charge is 2.47. The van der Waals surface area contributed by atoms with Gasteiger partial charge in [0.25, 0.3) is 0 Å². The molecular weight excluding hydrogens is 384 g/mol. The summed E-state index contributed by atoms with van der Waals surface area (Å²) in [7, 11) is 0. The fourth-order valence-corrected chi connectivity index (χ4v) is 7.63. The van der Waals surface area contributed by atoms with E-state index >= 15 is 0 Å². The summed E-state index contributed by atoms with van der Waals surface area (Å²) in [5.41, 5.74) is 0. The van der Waals surface area contributed by atoms with Crippen LogP contribution in [0.4, 0.5) is 0 Å². The molecule has 0 aromatic carbocycles. The number of fused-ring (bicyclic) bond motifs is 2. The second kappa shape index (κ2) is 9.99. The highest BCUT2D eigenvalue weighted by Crippen LogP contribution is 2.54. The SMILES string of the molecule is O=C(O)COC1CCC2CCCC(C3CCCC4CCC(OCC(=O)O)CC43)C2C1. The average Bonchev–Trinajstić information content (AvgIpc) is 2.75. The fraction of sp³-hybridized carbons (Fsp3) is 0.917. The van der Waals surface area contributed by atoms with Crippen LogP contribution in [0.1, 0.15) is 77.0 Å². The minimum absolute atomic E-state index is 0.0975. The number of hydrogen-bond acceptors (Lipinski definition) is 4. The zero-order chi connectivity index (χ0) is 21.1. The Morgan fingerprint density at radius 2 is 1.03 bits per heavy atom. The lowest BCUT2D eigenvalue weighted by molar-refractivity contribution is -0.148. The first-order valence-electron chi connectivity index (χ1n) is 12.2. The molecule has 0 saturated heterocycles. The van der Waals surface area contributed by atoms with Crippen LogP contribution in [0.25, 0.3) is 0 Å². The molecular formula is C24H38O6. The van der Waals surface area contributed by atoms with Crippen molar-refractivity contribution in [2.75, 3.05) is 13.2 Å². The number of hydrogen-bond donors (Lipinski definition) is 2. The first-order chi connectivity index (χ1) is 14.5. The van der Waals surface area contributed by atoms with Gasteiger partial charge < -0.3 is 19.7 Å². The van der Waals surface area contributed by atoms with E-state index in [2.05, 4.69) is 0 Å². The van der Waals surface area contributed by atoms with E-state index in [1.54, 1.807) is 0 Å². The van der Waals surface area contributed by atoms with Gasteiger partial charge in [0.2, 0.25) is 0 Å². The van der Waals surface area contributed by atoms with E-state index in [9.17, 15) is 9.59 Å². The minimum atomic E-state index is -0.873. The number of carboxylic acid groups (broad SMARTS) is 2. The summed E-state index contributed by atoms with van der Waals surface area (Å²) >= 11 is 0. The van der Waals surface area contributed by atoms with E-state index < -0.39 is 11.9 Å². The van der Waals surface area contributed by atoms with Gasteiger partial charge in [-0.2, -0.15) is 0 Å². The standard InChI is InChI=1S/C24H38O6/c25-23(26)13-29-17-9-7-15-3-1-5-19(21(15)11-17)20-6-2-4-16-8-10-18(12-22(16)20)30-14-24(27)28/h15-22H,1-14H2,(H,25,26)(H,27,28). The van der Waals surface area contributed by atoms with Crippen LogP contribution in [0.15, 0.2) is 0 Å². The van der Waals surface area contributed by atoms with Gasteiger partial charge in [0.15, 0.2) is 0 Å². The van der Waals surface area contributed by atoms with Crippen molar-refractivity contribution in [3.05, 3.63) is 0 Å². The minimum Gasteiger partial charge on any atom is -0.480 e. The molecule has 4 saturated carbocycles. The predicted molar refractivity (Wildman–Crippen MR) is 111 cm³/mol. The molecule has 8 unspecified atom stereocenters. The van der Waals surface area contributed by atoms with E-state index in [4.69, 9.17) is 19.7 Å². The van der Waals surface area contributed by atoms with Gasteiger partial charge in [0.05, 0.1) is 12.2 Å². The molecule has 0 radical (unpaired) electrons. The van der Waals surface area contributed by atoms with Gasteiger partial charge in [-0.25, -0.2) is 9.59 Å². The van der Waals surface area contributed by atoms with Crippen molar-refractivity contribution in [2.45, 2.75) is 89.3 Å². The quantitative estimate of drug-likeness (QED) is 0.633. The Morgan fingerprint density at radius 3 is 1.43 bits per heavy atom. The predicted octanol–water partition coefficient (Wildman–Crippen LogP) is 4.36. The molecule has 0 heterocycles. The lowest BCUT2D eigenvalue weighted by Gasteiger charge is -2.52. The Bertz CT molecular complexity index is 555. The lowest BCUT2D eigenvalue weighted by Crippen LogP contribution is -2.46. The maximum atomic E-state index is 10.9. The number of carboxylic acids is 2. The molecule has 4 fully saturated rings. The number of carbonyl (C=O) groups is 2. The van der Waals surface area contributed by atoms with Gasteiger partial charge in [0.1, 0.15) is 13.2 Å². The van der Waals surface area contributed by atoms with E-state index in [-0.39, 0.29) is 25.4 Å². The Balaban J connectivity index is 1.43. The molecule has 4 aliphatic rings. The Morgan fingerprint density at radius 1 is 0.600 bits per heavy atom. The summed E-state index contributed by atoms with van der Waals surface area (Å²) in [6.45, 7) is -0.354. The molecule has 0 aliphatic heterocycles. The summed E-state index contributed by atoms with van der Waals surface area (Å²) in [5.74, 6) is 2.56. The molecule has 6 heteroatoms. The molecule has 0 aromatic rings. The first kappa shape index (κ1) is 22.1. The topological polar surface area (TPSA) is 93.1 Å². The fourth-order valence-electron chi connectivity index (χ4n) is 7.63. The molecule has 2 N–H and O–H groups in total. The number of ether oxygens (including phenoxy) is 2. The van der Waals surface area contributed by atoms with Crippen LogP contribution in [0.3, 0.4) is 0 Å². The van der Waals surface area contributed by atoms with E-state index in [0.717, 1.165) is 37.5 Å². The van der Waals surface area contributed by atoms with Crippen molar-refractivity contribution >= 4 is 11.9 Å². The zero-order valence-corrected chi connectivity index (χ0v) is 18.0. The smallest absolute Gasteiger partial charge is 0.329 e.